The second-order valence-corrected chi connectivity index (χ2v) is 6.67. The molecule has 1 atom stereocenters. The van der Waals surface area contributed by atoms with E-state index in [2.05, 4.69) is 5.32 Å². The summed E-state index contributed by atoms with van der Waals surface area (Å²) in [5.74, 6) is 2.36. The Morgan fingerprint density at radius 3 is 2.63 bits per heavy atom. The molecule has 5 nitrogen and oxygen atoms in total. The van der Waals surface area contributed by atoms with Crippen molar-refractivity contribution < 1.29 is 14.7 Å². The SMILES string of the molecule is O=C(O)CC1CCN(C(=O)NCC2CCSCC2)C1. The highest BCUT2D eigenvalue weighted by Crippen LogP contribution is 2.22. The Morgan fingerprint density at radius 2 is 1.95 bits per heavy atom. The summed E-state index contributed by atoms with van der Waals surface area (Å²) < 4.78 is 0. The number of aliphatic carboxylic acids is 1. The number of nitrogens with one attached hydrogen (secondary N) is 1. The minimum atomic E-state index is -0.771. The number of rotatable bonds is 4. The number of carbonyl (C=O) groups is 2. The van der Waals surface area contributed by atoms with Gasteiger partial charge in [0.2, 0.25) is 0 Å². The quantitative estimate of drug-likeness (QED) is 0.824. The molecule has 2 aliphatic heterocycles. The van der Waals surface area contributed by atoms with Crippen LogP contribution in [0.2, 0.25) is 0 Å². The number of carbonyl (C=O) groups excluding carboxylic acids is 1. The molecule has 2 aliphatic rings. The van der Waals surface area contributed by atoms with Crippen LogP contribution < -0.4 is 5.32 Å². The van der Waals surface area contributed by atoms with Gasteiger partial charge in [-0.05, 0) is 42.6 Å². The predicted molar refractivity (Wildman–Crippen MR) is 75.4 cm³/mol. The second-order valence-electron chi connectivity index (χ2n) is 5.44. The van der Waals surface area contributed by atoms with Gasteiger partial charge in [-0.15, -0.1) is 0 Å². The summed E-state index contributed by atoms with van der Waals surface area (Å²) in [6.07, 6.45) is 3.35. The van der Waals surface area contributed by atoms with E-state index < -0.39 is 5.97 Å². The molecule has 2 saturated heterocycles. The summed E-state index contributed by atoms with van der Waals surface area (Å²) in [7, 11) is 0. The molecule has 1 unspecified atom stereocenters. The van der Waals surface area contributed by atoms with Crippen LogP contribution in [0.1, 0.15) is 25.7 Å². The van der Waals surface area contributed by atoms with E-state index in [0.717, 1.165) is 13.0 Å². The lowest BCUT2D eigenvalue weighted by atomic mass is 10.0. The Balaban J connectivity index is 1.67. The Hall–Kier alpha value is -0.910. The zero-order chi connectivity index (χ0) is 13.7. The van der Waals surface area contributed by atoms with Gasteiger partial charge in [0.15, 0.2) is 0 Å². The molecule has 0 aromatic rings. The smallest absolute Gasteiger partial charge is 0.317 e. The van der Waals surface area contributed by atoms with Crippen LogP contribution in [0.4, 0.5) is 4.79 Å². The largest absolute Gasteiger partial charge is 0.481 e. The molecule has 2 heterocycles. The Labute approximate surface area is 118 Å². The summed E-state index contributed by atoms with van der Waals surface area (Å²) >= 11 is 1.99. The van der Waals surface area contributed by atoms with Gasteiger partial charge in [0, 0.05) is 26.1 Å². The normalized spacial score (nSPS) is 24.4. The van der Waals surface area contributed by atoms with Crippen molar-refractivity contribution in [3.05, 3.63) is 0 Å². The highest BCUT2D eigenvalue weighted by Gasteiger charge is 2.28. The van der Waals surface area contributed by atoms with E-state index in [-0.39, 0.29) is 18.4 Å². The molecule has 0 bridgehead atoms. The van der Waals surface area contributed by atoms with Gasteiger partial charge in [-0.25, -0.2) is 4.79 Å². The van der Waals surface area contributed by atoms with E-state index in [1.54, 1.807) is 4.90 Å². The van der Waals surface area contributed by atoms with Gasteiger partial charge in [0.25, 0.3) is 0 Å². The number of thioether (sulfide) groups is 1. The monoisotopic (exact) mass is 286 g/mol. The third kappa shape index (κ3) is 4.60. The number of carboxylic acids is 1. The molecule has 108 valence electrons. The fourth-order valence-corrected chi connectivity index (χ4v) is 3.93. The van der Waals surface area contributed by atoms with Gasteiger partial charge >= 0.3 is 12.0 Å². The minimum absolute atomic E-state index is 0.0221. The van der Waals surface area contributed by atoms with E-state index in [9.17, 15) is 9.59 Å². The summed E-state index contributed by atoms with van der Waals surface area (Å²) in [5.41, 5.74) is 0. The van der Waals surface area contributed by atoms with Crippen LogP contribution in [0.3, 0.4) is 0 Å². The first-order valence-electron chi connectivity index (χ1n) is 6.97. The minimum Gasteiger partial charge on any atom is -0.481 e. The molecule has 0 saturated carbocycles. The molecule has 0 aromatic carbocycles. The lowest BCUT2D eigenvalue weighted by Gasteiger charge is -2.23. The highest BCUT2D eigenvalue weighted by molar-refractivity contribution is 7.99. The van der Waals surface area contributed by atoms with Gasteiger partial charge in [0.05, 0.1) is 0 Å². The van der Waals surface area contributed by atoms with E-state index in [1.807, 2.05) is 11.8 Å². The van der Waals surface area contributed by atoms with Crippen LogP contribution in [-0.2, 0) is 4.79 Å². The molecule has 2 amide bonds. The Kier molecular flexibility index (Phi) is 5.36. The summed E-state index contributed by atoms with van der Waals surface area (Å²) in [6, 6.07) is -0.0221. The number of hydrogen-bond acceptors (Lipinski definition) is 3. The zero-order valence-electron chi connectivity index (χ0n) is 11.1. The molecular formula is C13H22N2O3S. The average molecular weight is 286 g/mol. The number of urea groups is 1. The fraction of sp³-hybridized carbons (Fsp3) is 0.846. The van der Waals surface area contributed by atoms with E-state index in [4.69, 9.17) is 5.11 Å². The maximum absolute atomic E-state index is 12.0. The van der Waals surface area contributed by atoms with Gasteiger partial charge in [-0.3, -0.25) is 4.79 Å². The molecule has 2 rings (SSSR count). The summed E-state index contributed by atoms with van der Waals surface area (Å²) in [5, 5.41) is 11.7. The van der Waals surface area contributed by atoms with E-state index in [0.29, 0.717) is 19.0 Å². The van der Waals surface area contributed by atoms with Crippen molar-refractivity contribution in [1.82, 2.24) is 10.2 Å². The number of carboxylic acid groups (broad SMARTS) is 1. The molecule has 0 aliphatic carbocycles. The lowest BCUT2D eigenvalue weighted by Crippen LogP contribution is -2.41. The van der Waals surface area contributed by atoms with Gasteiger partial charge < -0.3 is 15.3 Å². The van der Waals surface area contributed by atoms with E-state index in [1.165, 1.54) is 24.3 Å². The molecule has 2 fully saturated rings. The number of amides is 2. The Morgan fingerprint density at radius 1 is 1.21 bits per heavy atom. The first kappa shape index (κ1) is 14.5. The van der Waals surface area contributed by atoms with Crippen molar-refractivity contribution >= 4 is 23.8 Å². The van der Waals surface area contributed by atoms with Crippen LogP contribution >= 0.6 is 11.8 Å². The van der Waals surface area contributed by atoms with Crippen molar-refractivity contribution in [2.75, 3.05) is 31.1 Å². The molecule has 0 radical (unpaired) electrons. The number of likely N-dealkylation sites (tertiary alicyclic amines) is 1. The topological polar surface area (TPSA) is 69.6 Å². The zero-order valence-corrected chi connectivity index (χ0v) is 12.0. The summed E-state index contributed by atoms with van der Waals surface area (Å²) in [6.45, 7) is 2.03. The first-order valence-corrected chi connectivity index (χ1v) is 8.13. The van der Waals surface area contributed by atoms with Crippen LogP contribution in [-0.4, -0.2) is 53.1 Å². The van der Waals surface area contributed by atoms with Gasteiger partial charge in [-0.1, -0.05) is 0 Å². The summed E-state index contributed by atoms with van der Waals surface area (Å²) in [4.78, 5) is 24.4. The van der Waals surface area contributed by atoms with Crippen LogP contribution in [0.25, 0.3) is 0 Å². The average Bonchev–Trinajstić information content (AvgIpc) is 2.85. The Bertz CT molecular complexity index is 332. The first-order chi connectivity index (χ1) is 9.15. The molecule has 0 spiro atoms. The molecule has 0 aromatic heterocycles. The third-order valence-electron chi connectivity index (χ3n) is 3.92. The van der Waals surface area contributed by atoms with Gasteiger partial charge in [-0.2, -0.15) is 11.8 Å². The van der Waals surface area contributed by atoms with Crippen molar-refractivity contribution in [3.8, 4) is 0 Å². The fourth-order valence-electron chi connectivity index (χ4n) is 2.72. The van der Waals surface area contributed by atoms with Crippen molar-refractivity contribution in [2.24, 2.45) is 11.8 Å². The van der Waals surface area contributed by atoms with Crippen molar-refractivity contribution in [3.63, 3.8) is 0 Å². The lowest BCUT2D eigenvalue weighted by molar-refractivity contribution is -0.138. The van der Waals surface area contributed by atoms with Crippen molar-refractivity contribution in [2.45, 2.75) is 25.7 Å². The van der Waals surface area contributed by atoms with Crippen molar-refractivity contribution in [1.29, 1.82) is 0 Å². The maximum atomic E-state index is 12.0. The van der Waals surface area contributed by atoms with Gasteiger partial charge in [0.1, 0.15) is 0 Å². The predicted octanol–water partition coefficient (Wildman–Crippen LogP) is 1.64. The van der Waals surface area contributed by atoms with Crippen LogP contribution in [0, 0.1) is 11.8 Å². The van der Waals surface area contributed by atoms with Crippen LogP contribution in [0.5, 0.6) is 0 Å². The molecule has 2 N–H and O–H groups in total. The standard InChI is InChI=1S/C13H22N2O3S/c16-12(17)7-11-1-4-15(9-11)13(18)14-8-10-2-5-19-6-3-10/h10-11H,1-9H2,(H,14,18)(H,16,17). The molecular weight excluding hydrogens is 264 g/mol. The molecule has 6 heteroatoms. The maximum Gasteiger partial charge on any atom is 0.317 e. The second kappa shape index (κ2) is 7.03. The number of nitrogens with zero attached hydrogens (tertiary/aromatic N) is 1. The number of hydrogen-bond donors (Lipinski definition) is 2. The molecule has 19 heavy (non-hydrogen) atoms. The van der Waals surface area contributed by atoms with Crippen LogP contribution in [0.15, 0.2) is 0 Å². The highest BCUT2D eigenvalue weighted by atomic mass is 32.2. The third-order valence-corrected chi connectivity index (χ3v) is 4.97. The van der Waals surface area contributed by atoms with E-state index >= 15 is 0 Å².